The fraction of sp³-hybridized carbons (Fsp3) is 0.393. The zero-order valence-electron chi connectivity index (χ0n) is 24.2. The van der Waals surface area contributed by atoms with Crippen LogP contribution in [0.15, 0.2) is 40.2 Å². The second kappa shape index (κ2) is 11.3. The van der Waals surface area contributed by atoms with E-state index in [1.807, 2.05) is 11.5 Å². The van der Waals surface area contributed by atoms with Crippen LogP contribution >= 0.6 is 0 Å². The van der Waals surface area contributed by atoms with Gasteiger partial charge in [0.05, 0.1) is 6.33 Å². The van der Waals surface area contributed by atoms with Gasteiger partial charge in [0, 0.05) is 51.0 Å². The van der Waals surface area contributed by atoms with Gasteiger partial charge in [-0.05, 0) is 51.0 Å². The van der Waals surface area contributed by atoms with Crippen molar-refractivity contribution in [2.75, 3.05) is 24.2 Å². The van der Waals surface area contributed by atoms with Crippen LogP contribution in [0.1, 0.15) is 49.1 Å². The van der Waals surface area contributed by atoms with Crippen molar-refractivity contribution >= 4 is 45.7 Å². The van der Waals surface area contributed by atoms with Crippen LogP contribution in [0.2, 0.25) is 0 Å². The quantitative estimate of drug-likeness (QED) is 0.229. The molecule has 6 rings (SSSR count). The lowest BCUT2D eigenvalue weighted by Gasteiger charge is -2.12. The Morgan fingerprint density at radius 2 is 1.84 bits per heavy atom. The summed E-state index contributed by atoms with van der Waals surface area (Å²) in [6, 6.07) is 6.89. The van der Waals surface area contributed by atoms with E-state index in [1.54, 1.807) is 49.1 Å². The molecule has 15 nitrogen and oxygen atoms in total. The average molecular weight is 588 g/mol. The van der Waals surface area contributed by atoms with Crippen molar-refractivity contribution in [1.82, 2.24) is 43.5 Å². The fourth-order valence-corrected chi connectivity index (χ4v) is 5.40. The summed E-state index contributed by atoms with van der Waals surface area (Å²) in [7, 11) is 1.75. The first-order valence-corrected chi connectivity index (χ1v) is 14.3. The van der Waals surface area contributed by atoms with Gasteiger partial charge < -0.3 is 25.7 Å². The van der Waals surface area contributed by atoms with Gasteiger partial charge in [-0.15, -0.1) is 0 Å². The average Bonchev–Trinajstić information content (AvgIpc) is 3.74. The topological polar surface area (TPSA) is 182 Å². The summed E-state index contributed by atoms with van der Waals surface area (Å²) in [6.07, 6.45) is 3.77. The molecule has 0 aliphatic carbocycles. The van der Waals surface area contributed by atoms with Gasteiger partial charge in [0.25, 0.3) is 11.5 Å². The number of fused-ring (bicyclic) bond motifs is 2. The van der Waals surface area contributed by atoms with Crippen LogP contribution in [-0.4, -0.2) is 57.3 Å². The highest BCUT2D eigenvalue weighted by atomic mass is 16.5. The van der Waals surface area contributed by atoms with E-state index in [0.717, 1.165) is 12.8 Å². The van der Waals surface area contributed by atoms with E-state index in [9.17, 15) is 14.4 Å². The van der Waals surface area contributed by atoms with Crippen LogP contribution < -0.4 is 27.6 Å². The summed E-state index contributed by atoms with van der Waals surface area (Å²) in [6.45, 7) is 5.25. The Morgan fingerprint density at radius 1 is 1.07 bits per heavy atom. The van der Waals surface area contributed by atoms with Gasteiger partial charge in [0.1, 0.15) is 17.6 Å². The molecule has 5 heterocycles. The maximum Gasteiger partial charge on any atom is 0.332 e. The molecule has 1 unspecified atom stereocenters. The minimum Gasteiger partial charge on any atom is -0.382 e. The lowest BCUT2D eigenvalue weighted by molar-refractivity contribution is 0.0593. The number of hydrogen-bond acceptors (Lipinski definition) is 10. The van der Waals surface area contributed by atoms with Crippen LogP contribution in [0.5, 0.6) is 0 Å². The molecule has 0 bridgehead atoms. The molecule has 1 amide bonds. The number of aromatic nitrogens is 8. The Balaban J connectivity index is 1.12. The molecule has 0 spiro atoms. The molecule has 0 saturated carbocycles. The van der Waals surface area contributed by atoms with Crippen molar-refractivity contribution in [2.45, 2.75) is 52.4 Å². The molecule has 4 aromatic heterocycles. The number of ether oxygens (including phenoxy) is 1. The molecule has 1 aliphatic rings. The van der Waals surface area contributed by atoms with Crippen LogP contribution in [0, 0.1) is 0 Å². The van der Waals surface area contributed by atoms with Crippen LogP contribution in [0.4, 0.5) is 17.5 Å². The molecule has 5 aromatic rings. The van der Waals surface area contributed by atoms with Gasteiger partial charge in [-0.25, -0.2) is 14.8 Å². The van der Waals surface area contributed by atoms with Gasteiger partial charge in [-0.3, -0.25) is 23.3 Å². The van der Waals surface area contributed by atoms with E-state index in [2.05, 4.69) is 30.6 Å². The monoisotopic (exact) mass is 587 g/mol. The smallest absolute Gasteiger partial charge is 0.332 e. The normalized spacial score (nSPS) is 15.0. The highest BCUT2D eigenvalue weighted by Gasteiger charge is 2.22. The first-order chi connectivity index (χ1) is 20.8. The summed E-state index contributed by atoms with van der Waals surface area (Å²) >= 11 is 0. The molecular weight excluding hydrogens is 554 g/mol. The fourth-order valence-electron chi connectivity index (χ4n) is 5.40. The molecule has 43 heavy (non-hydrogen) atoms. The van der Waals surface area contributed by atoms with Gasteiger partial charge in [-0.1, -0.05) is 0 Å². The van der Waals surface area contributed by atoms with E-state index in [-0.39, 0.29) is 35.7 Å². The first kappa shape index (κ1) is 28.1. The number of nitrogens with zero attached hydrogens (tertiary/aromatic N) is 8. The predicted octanol–water partition coefficient (Wildman–Crippen LogP) is 1.68. The zero-order valence-corrected chi connectivity index (χ0v) is 24.2. The Labute approximate surface area is 245 Å². The van der Waals surface area contributed by atoms with Crippen molar-refractivity contribution in [1.29, 1.82) is 0 Å². The highest BCUT2D eigenvalue weighted by Crippen LogP contribution is 2.28. The van der Waals surface area contributed by atoms with Crippen molar-refractivity contribution in [3.8, 4) is 0 Å². The molecule has 1 aromatic carbocycles. The molecule has 1 saturated heterocycles. The molecule has 224 valence electrons. The molecule has 1 fully saturated rings. The number of nitrogens with two attached hydrogens (primary N) is 1. The number of hydrogen-bond donors (Lipinski definition) is 3. The van der Waals surface area contributed by atoms with Crippen molar-refractivity contribution in [3.05, 3.63) is 62.8 Å². The minimum atomic E-state index is -0.376. The van der Waals surface area contributed by atoms with Gasteiger partial charge in [-0.2, -0.15) is 9.97 Å². The molecule has 4 N–H and O–H groups in total. The summed E-state index contributed by atoms with van der Waals surface area (Å²) < 4.78 is 12.0. The van der Waals surface area contributed by atoms with E-state index >= 15 is 0 Å². The Morgan fingerprint density at radius 3 is 2.53 bits per heavy atom. The molecule has 0 radical (unpaired) electrons. The number of carbonyl (C=O) groups is 1. The number of benzene rings is 1. The van der Waals surface area contributed by atoms with Gasteiger partial charge in [0.2, 0.25) is 5.95 Å². The summed E-state index contributed by atoms with van der Waals surface area (Å²) in [5.74, 6) is 0.907. The van der Waals surface area contributed by atoms with E-state index in [0.29, 0.717) is 71.5 Å². The first-order valence-electron chi connectivity index (χ1n) is 14.3. The Kier molecular flexibility index (Phi) is 7.39. The number of carbonyl (C=O) groups excluding carboxylic acids is 1. The lowest BCUT2D eigenvalue weighted by Crippen LogP contribution is -2.39. The third kappa shape index (κ3) is 5.01. The molecule has 1 atom stereocenters. The van der Waals surface area contributed by atoms with Crippen molar-refractivity contribution in [2.24, 2.45) is 7.05 Å². The number of aryl methyl sites for hydroxylation is 2. The second-order valence-electron chi connectivity index (χ2n) is 10.3. The Hall–Kier alpha value is -5.05. The maximum atomic E-state index is 12.9. The maximum absolute atomic E-state index is 12.9. The largest absolute Gasteiger partial charge is 0.382 e. The van der Waals surface area contributed by atoms with Gasteiger partial charge >= 0.3 is 5.69 Å². The third-order valence-electron chi connectivity index (χ3n) is 7.67. The second-order valence-corrected chi connectivity index (χ2v) is 10.3. The van der Waals surface area contributed by atoms with Crippen LogP contribution in [-0.2, 0) is 31.3 Å². The molecule has 1 aliphatic heterocycles. The highest BCUT2D eigenvalue weighted by molar-refractivity contribution is 5.94. The SMILES string of the molecule is CCn1c(=O)c2c(nc(CCNC(=O)c3ccc(Nc4nc(N)c5ncn(C6CCCO6)c5n4)cc3)n2C)n(CC)c1=O. The van der Waals surface area contributed by atoms with E-state index in [4.69, 9.17) is 10.5 Å². The number of rotatable bonds is 9. The molecule has 15 heteroatoms. The van der Waals surface area contributed by atoms with Gasteiger partial charge in [0.15, 0.2) is 22.6 Å². The minimum absolute atomic E-state index is 0.128. The van der Waals surface area contributed by atoms with Crippen LogP contribution in [0.25, 0.3) is 22.3 Å². The van der Waals surface area contributed by atoms with E-state index < -0.39 is 0 Å². The predicted molar refractivity (Wildman–Crippen MR) is 160 cm³/mol. The zero-order chi connectivity index (χ0) is 30.2. The lowest BCUT2D eigenvalue weighted by atomic mass is 10.2. The summed E-state index contributed by atoms with van der Waals surface area (Å²) in [5.41, 5.74) is 8.39. The number of amides is 1. The van der Waals surface area contributed by atoms with E-state index in [1.165, 1.54) is 9.13 Å². The number of nitrogens with one attached hydrogen (secondary N) is 2. The van der Waals surface area contributed by atoms with Crippen LogP contribution in [0.3, 0.4) is 0 Å². The Bertz CT molecular complexity index is 1950. The number of imidazole rings is 2. The standard InChI is InChI=1S/C28H33N11O4/c1-4-37-24-21(26(41)38(5-2)28(37)42)36(3)18(33-24)12-13-30-25(40)16-8-10-17(11-9-16)32-27-34-22(29)20-23(35-27)39(15-31-20)19-7-6-14-43-19/h8-11,15,19H,4-7,12-14H2,1-3H3,(H,30,40)(H3,29,32,34,35). The number of anilines is 3. The van der Waals surface area contributed by atoms with Crippen molar-refractivity contribution in [3.63, 3.8) is 0 Å². The number of nitrogen functional groups attached to an aromatic ring is 1. The molecular formula is C28H33N11O4. The third-order valence-corrected chi connectivity index (χ3v) is 7.67. The summed E-state index contributed by atoms with van der Waals surface area (Å²) in [5, 5.41) is 6.04. The van der Waals surface area contributed by atoms with Crippen molar-refractivity contribution < 1.29 is 9.53 Å². The summed E-state index contributed by atoms with van der Waals surface area (Å²) in [4.78, 5) is 56.3.